The lowest BCUT2D eigenvalue weighted by Gasteiger charge is -2.45. The molecule has 3 heterocycles. The van der Waals surface area contributed by atoms with Crippen LogP contribution in [0.25, 0.3) is 11.5 Å². The summed E-state index contributed by atoms with van der Waals surface area (Å²) in [5, 5.41) is 15.5. The molecule has 0 spiro atoms. The molecular formula is C15H14FN5O2. The molecule has 2 aromatic heterocycles. The molecule has 4 rings (SSSR count). The second-order valence-corrected chi connectivity index (χ2v) is 6.00. The number of aromatic nitrogens is 4. The van der Waals surface area contributed by atoms with Crippen LogP contribution in [0.15, 0.2) is 39.5 Å². The molecule has 1 aliphatic heterocycles. The Kier molecular flexibility index (Phi) is 3.19. The summed E-state index contributed by atoms with van der Waals surface area (Å²) in [6.45, 7) is 4.20. The zero-order valence-corrected chi connectivity index (χ0v) is 12.4. The van der Waals surface area contributed by atoms with Gasteiger partial charge in [-0.2, -0.15) is 0 Å². The average Bonchev–Trinajstić information content (AvgIpc) is 3.17. The zero-order valence-electron chi connectivity index (χ0n) is 12.4. The van der Waals surface area contributed by atoms with Gasteiger partial charge in [-0.25, -0.2) is 9.02 Å². The van der Waals surface area contributed by atoms with E-state index in [1.165, 1.54) is 6.07 Å². The van der Waals surface area contributed by atoms with Gasteiger partial charge in [0.05, 0.1) is 17.2 Å². The standard InChI is InChI=1S/C15H14FN5O2/c1-15(8-21(9-15)7-10-6-17-23-20-10)14-19-18-13(22-14)11-4-2-3-5-12(11)16/h2-6H,7-9H2,1H3. The number of nitrogens with zero attached hydrogens (tertiary/aromatic N) is 5. The van der Waals surface area contributed by atoms with Crippen LogP contribution in [-0.2, 0) is 12.0 Å². The third-order valence-electron chi connectivity index (χ3n) is 3.98. The lowest BCUT2D eigenvalue weighted by atomic mass is 9.82. The number of hydrogen-bond donors (Lipinski definition) is 0. The Morgan fingerprint density at radius 1 is 1.26 bits per heavy atom. The SMILES string of the molecule is CC1(c2nnc(-c3ccccc3F)o2)CN(Cc2cnon2)C1. The normalized spacial score (nSPS) is 17.1. The predicted molar refractivity (Wildman–Crippen MR) is 76.6 cm³/mol. The van der Waals surface area contributed by atoms with Crippen molar-refractivity contribution in [1.82, 2.24) is 25.4 Å². The molecular weight excluding hydrogens is 301 g/mol. The van der Waals surface area contributed by atoms with Crippen LogP contribution in [0.4, 0.5) is 4.39 Å². The Hall–Kier alpha value is -2.61. The van der Waals surface area contributed by atoms with Gasteiger partial charge in [-0.3, -0.25) is 4.90 Å². The van der Waals surface area contributed by atoms with E-state index in [-0.39, 0.29) is 17.1 Å². The second kappa shape index (κ2) is 5.24. The minimum Gasteiger partial charge on any atom is -0.420 e. The summed E-state index contributed by atoms with van der Waals surface area (Å²) in [5.41, 5.74) is 0.859. The van der Waals surface area contributed by atoms with Gasteiger partial charge in [-0.1, -0.05) is 22.4 Å². The maximum Gasteiger partial charge on any atom is 0.250 e. The zero-order chi connectivity index (χ0) is 15.9. The van der Waals surface area contributed by atoms with Crippen LogP contribution >= 0.6 is 0 Å². The molecule has 3 aromatic rings. The van der Waals surface area contributed by atoms with Crippen LogP contribution in [0.1, 0.15) is 18.5 Å². The van der Waals surface area contributed by atoms with Gasteiger partial charge in [0, 0.05) is 19.6 Å². The van der Waals surface area contributed by atoms with E-state index in [1.54, 1.807) is 24.4 Å². The van der Waals surface area contributed by atoms with Crippen LogP contribution < -0.4 is 0 Å². The Balaban J connectivity index is 1.48. The first-order chi connectivity index (χ1) is 11.1. The Bertz CT molecular complexity index is 811. The molecule has 0 N–H and O–H groups in total. The number of hydrogen-bond acceptors (Lipinski definition) is 7. The lowest BCUT2D eigenvalue weighted by Crippen LogP contribution is -2.57. The molecule has 0 atom stereocenters. The van der Waals surface area contributed by atoms with Gasteiger partial charge in [0.1, 0.15) is 11.5 Å². The Labute approximate surface area is 131 Å². The minimum absolute atomic E-state index is 0.207. The van der Waals surface area contributed by atoms with E-state index in [4.69, 9.17) is 4.42 Å². The van der Waals surface area contributed by atoms with Crippen molar-refractivity contribution >= 4 is 0 Å². The molecule has 7 nitrogen and oxygen atoms in total. The number of likely N-dealkylation sites (tertiary alicyclic amines) is 1. The molecule has 1 fully saturated rings. The van der Waals surface area contributed by atoms with Crippen molar-refractivity contribution < 1.29 is 13.4 Å². The van der Waals surface area contributed by atoms with Crippen LogP contribution in [0.5, 0.6) is 0 Å². The monoisotopic (exact) mass is 315 g/mol. The number of halogens is 1. The van der Waals surface area contributed by atoms with Crippen molar-refractivity contribution in [3.63, 3.8) is 0 Å². The fraction of sp³-hybridized carbons (Fsp3) is 0.333. The van der Waals surface area contributed by atoms with Crippen molar-refractivity contribution in [2.45, 2.75) is 18.9 Å². The summed E-state index contributed by atoms with van der Waals surface area (Å²) in [7, 11) is 0. The van der Waals surface area contributed by atoms with Crippen molar-refractivity contribution in [3.8, 4) is 11.5 Å². The maximum atomic E-state index is 13.8. The van der Waals surface area contributed by atoms with Gasteiger partial charge in [0.2, 0.25) is 5.89 Å². The van der Waals surface area contributed by atoms with Crippen molar-refractivity contribution in [2.24, 2.45) is 0 Å². The summed E-state index contributed by atoms with van der Waals surface area (Å²) < 4.78 is 24.1. The van der Waals surface area contributed by atoms with Gasteiger partial charge in [0.25, 0.3) is 5.89 Å². The van der Waals surface area contributed by atoms with Crippen LogP contribution in [0.2, 0.25) is 0 Å². The van der Waals surface area contributed by atoms with Crippen molar-refractivity contribution in [1.29, 1.82) is 0 Å². The van der Waals surface area contributed by atoms with Crippen molar-refractivity contribution in [2.75, 3.05) is 13.1 Å². The highest BCUT2D eigenvalue weighted by Gasteiger charge is 2.44. The minimum atomic E-state index is -0.373. The maximum absolute atomic E-state index is 13.8. The predicted octanol–water partition coefficient (Wildman–Crippen LogP) is 2.03. The molecule has 0 bridgehead atoms. The Morgan fingerprint density at radius 2 is 2.09 bits per heavy atom. The number of rotatable bonds is 4. The summed E-state index contributed by atoms with van der Waals surface area (Å²) in [4.78, 5) is 2.17. The average molecular weight is 315 g/mol. The molecule has 1 aliphatic rings. The molecule has 0 amide bonds. The van der Waals surface area contributed by atoms with E-state index < -0.39 is 0 Å². The summed E-state index contributed by atoms with van der Waals surface area (Å²) in [5.74, 6) is 0.352. The molecule has 0 unspecified atom stereocenters. The van der Waals surface area contributed by atoms with Crippen LogP contribution in [0, 0.1) is 5.82 Å². The third-order valence-corrected chi connectivity index (χ3v) is 3.98. The fourth-order valence-electron chi connectivity index (χ4n) is 2.88. The van der Waals surface area contributed by atoms with E-state index in [0.717, 1.165) is 18.8 Å². The lowest BCUT2D eigenvalue weighted by molar-refractivity contribution is 0.0492. The molecule has 0 saturated carbocycles. The van der Waals surface area contributed by atoms with E-state index >= 15 is 0 Å². The molecule has 1 aromatic carbocycles. The quantitative estimate of drug-likeness (QED) is 0.728. The van der Waals surface area contributed by atoms with Gasteiger partial charge in [-0.05, 0) is 19.1 Å². The number of benzene rings is 1. The fourth-order valence-corrected chi connectivity index (χ4v) is 2.88. The second-order valence-electron chi connectivity index (χ2n) is 6.00. The van der Waals surface area contributed by atoms with Gasteiger partial charge in [-0.15, -0.1) is 10.2 Å². The largest absolute Gasteiger partial charge is 0.420 e. The molecule has 23 heavy (non-hydrogen) atoms. The molecule has 8 heteroatoms. The molecule has 0 aliphatic carbocycles. The van der Waals surface area contributed by atoms with E-state index in [0.29, 0.717) is 18.0 Å². The smallest absolute Gasteiger partial charge is 0.250 e. The van der Waals surface area contributed by atoms with Gasteiger partial charge < -0.3 is 4.42 Å². The molecule has 118 valence electrons. The first kappa shape index (κ1) is 14.0. The first-order valence-corrected chi connectivity index (χ1v) is 7.22. The summed E-state index contributed by atoms with van der Waals surface area (Å²) >= 11 is 0. The first-order valence-electron chi connectivity index (χ1n) is 7.22. The summed E-state index contributed by atoms with van der Waals surface area (Å²) in [6.07, 6.45) is 1.60. The Morgan fingerprint density at radius 3 is 2.83 bits per heavy atom. The van der Waals surface area contributed by atoms with Crippen LogP contribution in [0.3, 0.4) is 0 Å². The van der Waals surface area contributed by atoms with Gasteiger partial charge >= 0.3 is 0 Å². The van der Waals surface area contributed by atoms with E-state index in [2.05, 4.69) is 30.0 Å². The summed E-state index contributed by atoms with van der Waals surface area (Å²) in [6, 6.07) is 6.36. The van der Waals surface area contributed by atoms with Crippen molar-refractivity contribution in [3.05, 3.63) is 47.9 Å². The van der Waals surface area contributed by atoms with Gasteiger partial charge in [0.15, 0.2) is 0 Å². The molecule has 1 saturated heterocycles. The highest BCUT2D eigenvalue weighted by atomic mass is 19.1. The molecule has 0 radical (unpaired) electrons. The highest BCUT2D eigenvalue weighted by Crippen LogP contribution is 2.35. The van der Waals surface area contributed by atoms with E-state index in [1.807, 2.05) is 6.92 Å². The highest BCUT2D eigenvalue weighted by molar-refractivity contribution is 5.53. The topological polar surface area (TPSA) is 81.1 Å². The van der Waals surface area contributed by atoms with E-state index in [9.17, 15) is 4.39 Å². The third kappa shape index (κ3) is 2.50. The van der Waals surface area contributed by atoms with Crippen LogP contribution in [-0.4, -0.2) is 38.5 Å².